The lowest BCUT2D eigenvalue weighted by Crippen LogP contribution is -2.21. The first kappa shape index (κ1) is 14.1. The van der Waals surface area contributed by atoms with Gasteiger partial charge in [0.2, 0.25) is 5.91 Å². The molecule has 0 saturated carbocycles. The first-order chi connectivity index (χ1) is 9.72. The topological polar surface area (TPSA) is 38.3 Å². The highest BCUT2D eigenvalue weighted by Crippen LogP contribution is 2.23. The number of methoxy groups -OCH3 is 1. The van der Waals surface area contributed by atoms with Crippen molar-refractivity contribution < 1.29 is 9.53 Å². The molecule has 104 valence electrons. The van der Waals surface area contributed by atoms with E-state index in [0.717, 1.165) is 22.4 Å². The highest BCUT2D eigenvalue weighted by molar-refractivity contribution is 5.75. The minimum absolute atomic E-state index is 0.0712. The smallest absolute Gasteiger partial charge is 0.219 e. The van der Waals surface area contributed by atoms with Gasteiger partial charge in [0.15, 0.2) is 0 Å². The minimum Gasteiger partial charge on any atom is -0.497 e. The molecule has 0 aromatic heterocycles. The van der Waals surface area contributed by atoms with Crippen molar-refractivity contribution in [2.45, 2.75) is 19.9 Å². The van der Waals surface area contributed by atoms with Gasteiger partial charge < -0.3 is 10.1 Å². The Bertz CT molecular complexity index is 576. The molecule has 0 aliphatic carbocycles. The van der Waals surface area contributed by atoms with Crippen LogP contribution in [0.2, 0.25) is 0 Å². The van der Waals surface area contributed by atoms with Gasteiger partial charge in [-0.1, -0.05) is 43.3 Å². The van der Waals surface area contributed by atoms with Crippen LogP contribution in [-0.4, -0.2) is 13.0 Å². The zero-order chi connectivity index (χ0) is 14.4. The van der Waals surface area contributed by atoms with Gasteiger partial charge in [0, 0.05) is 13.0 Å². The monoisotopic (exact) mass is 269 g/mol. The molecule has 0 bridgehead atoms. The van der Waals surface area contributed by atoms with Gasteiger partial charge in [-0.2, -0.15) is 0 Å². The third kappa shape index (κ3) is 3.60. The Balaban J connectivity index is 2.09. The molecule has 0 fully saturated rings. The predicted molar refractivity (Wildman–Crippen MR) is 80.6 cm³/mol. The van der Waals surface area contributed by atoms with Crippen LogP contribution in [-0.2, 0) is 11.3 Å². The molecule has 0 aliphatic rings. The van der Waals surface area contributed by atoms with Crippen molar-refractivity contribution in [1.29, 1.82) is 0 Å². The zero-order valence-corrected chi connectivity index (χ0v) is 11.8. The Labute approximate surface area is 119 Å². The van der Waals surface area contributed by atoms with Crippen LogP contribution in [0.3, 0.4) is 0 Å². The normalized spacial score (nSPS) is 10.1. The third-order valence-electron chi connectivity index (χ3n) is 3.17. The summed E-state index contributed by atoms with van der Waals surface area (Å²) in [6.07, 6.45) is 0.516. The summed E-state index contributed by atoms with van der Waals surface area (Å²) in [4.78, 5) is 11.2. The average molecular weight is 269 g/mol. The summed E-state index contributed by atoms with van der Waals surface area (Å²) in [7, 11) is 1.67. The van der Waals surface area contributed by atoms with E-state index in [9.17, 15) is 4.79 Å². The molecule has 0 aliphatic heterocycles. The second-order valence-corrected chi connectivity index (χ2v) is 4.56. The van der Waals surface area contributed by atoms with Crippen LogP contribution >= 0.6 is 0 Å². The van der Waals surface area contributed by atoms with E-state index in [0.29, 0.717) is 13.0 Å². The SMILES string of the molecule is CCC(=O)NCc1ccc(-c2cccc(OC)c2)cc1. The van der Waals surface area contributed by atoms with E-state index in [-0.39, 0.29) is 5.91 Å². The van der Waals surface area contributed by atoms with Crippen LogP contribution in [0.5, 0.6) is 5.75 Å². The standard InChI is InChI=1S/C17H19NO2/c1-3-17(19)18-12-13-7-9-14(10-8-13)15-5-4-6-16(11-15)20-2/h4-11H,3,12H2,1-2H3,(H,18,19). The van der Waals surface area contributed by atoms with Crippen molar-refractivity contribution in [2.24, 2.45) is 0 Å². The number of benzene rings is 2. The molecule has 20 heavy (non-hydrogen) atoms. The lowest BCUT2D eigenvalue weighted by atomic mass is 10.0. The maximum Gasteiger partial charge on any atom is 0.219 e. The summed E-state index contributed by atoms with van der Waals surface area (Å²) in [5, 5.41) is 2.87. The van der Waals surface area contributed by atoms with Gasteiger partial charge in [-0.05, 0) is 28.8 Å². The lowest BCUT2D eigenvalue weighted by Gasteiger charge is -2.07. The maximum atomic E-state index is 11.2. The van der Waals surface area contributed by atoms with Crippen LogP contribution in [0.1, 0.15) is 18.9 Å². The number of nitrogens with one attached hydrogen (secondary N) is 1. The number of amides is 1. The summed E-state index contributed by atoms with van der Waals surface area (Å²) in [6, 6.07) is 16.1. The molecule has 2 aromatic carbocycles. The molecule has 0 atom stereocenters. The fraction of sp³-hybridized carbons (Fsp3) is 0.235. The number of carbonyl (C=O) groups excluding carboxylic acids is 1. The first-order valence-corrected chi connectivity index (χ1v) is 6.73. The molecule has 3 heteroatoms. The van der Waals surface area contributed by atoms with E-state index in [1.54, 1.807) is 7.11 Å². The Morgan fingerprint density at radius 3 is 2.50 bits per heavy atom. The van der Waals surface area contributed by atoms with Crippen LogP contribution in [0.25, 0.3) is 11.1 Å². The molecular formula is C17H19NO2. The fourth-order valence-corrected chi connectivity index (χ4v) is 1.94. The molecule has 2 rings (SSSR count). The maximum absolute atomic E-state index is 11.2. The second kappa shape index (κ2) is 6.75. The van der Waals surface area contributed by atoms with Crippen molar-refractivity contribution in [3.05, 3.63) is 54.1 Å². The minimum atomic E-state index is 0.0712. The molecule has 0 saturated heterocycles. The van der Waals surface area contributed by atoms with Crippen LogP contribution in [0.15, 0.2) is 48.5 Å². The van der Waals surface area contributed by atoms with Crippen LogP contribution in [0, 0.1) is 0 Å². The van der Waals surface area contributed by atoms with Crippen molar-refractivity contribution in [3.63, 3.8) is 0 Å². The van der Waals surface area contributed by atoms with Gasteiger partial charge in [0.25, 0.3) is 0 Å². The highest BCUT2D eigenvalue weighted by atomic mass is 16.5. The van der Waals surface area contributed by atoms with E-state index in [1.807, 2.05) is 37.3 Å². The quantitative estimate of drug-likeness (QED) is 0.903. The molecule has 0 unspecified atom stereocenters. The number of hydrogen-bond acceptors (Lipinski definition) is 2. The average Bonchev–Trinajstić information content (AvgIpc) is 2.53. The van der Waals surface area contributed by atoms with E-state index >= 15 is 0 Å². The van der Waals surface area contributed by atoms with Gasteiger partial charge in [-0.3, -0.25) is 4.79 Å². The fourth-order valence-electron chi connectivity index (χ4n) is 1.94. The van der Waals surface area contributed by atoms with Crippen molar-refractivity contribution in [1.82, 2.24) is 5.32 Å². The van der Waals surface area contributed by atoms with E-state index in [4.69, 9.17) is 4.74 Å². The molecule has 3 nitrogen and oxygen atoms in total. The molecule has 0 heterocycles. The van der Waals surface area contributed by atoms with Gasteiger partial charge in [0.05, 0.1) is 7.11 Å². The number of rotatable bonds is 5. The van der Waals surface area contributed by atoms with Gasteiger partial charge in [-0.15, -0.1) is 0 Å². The third-order valence-corrected chi connectivity index (χ3v) is 3.17. The Morgan fingerprint density at radius 1 is 1.10 bits per heavy atom. The molecule has 1 N–H and O–H groups in total. The summed E-state index contributed by atoms with van der Waals surface area (Å²) in [5.41, 5.74) is 3.35. The molecular weight excluding hydrogens is 250 g/mol. The molecule has 1 amide bonds. The summed E-state index contributed by atoms with van der Waals surface area (Å²) < 4.78 is 5.23. The Morgan fingerprint density at radius 2 is 1.85 bits per heavy atom. The molecule has 0 radical (unpaired) electrons. The largest absolute Gasteiger partial charge is 0.497 e. The van der Waals surface area contributed by atoms with Gasteiger partial charge in [0.1, 0.15) is 5.75 Å². The van der Waals surface area contributed by atoms with Crippen LogP contribution < -0.4 is 10.1 Å². The van der Waals surface area contributed by atoms with Gasteiger partial charge in [-0.25, -0.2) is 0 Å². The van der Waals surface area contributed by atoms with E-state index in [1.165, 1.54) is 0 Å². The van der Waals surface area contributed by atoms with Gasteiger partial charge >= 0.3 is 0 Å². The van der Waals surface area contributed by atoms with E-state index in [2.05, 4.69) is 23.5 Å². The lowest BCUT2D eigenvalue weighted by molar-refractivity contribution is -0.120. The van der Waals surface area contributed by atoms with Crippen molar-refractivity contribution >= 4 is 5.91 Å². The Kier molecular flexibility index (Phi) is 4.77. The number of ether oxygens (including phenoxy) is 1. The highest BCUT2D eigenvalue weighted by Gasteiger charge is 2.01. The summed E-state index contributed by atoms with van der Waals surface area (Å²) in [6.45, 7) is 2.42. The first-order valence-electron chi connectivity index (χ1n) is 6.73. The van der Waals surface area contributed by atoms with Crippen molar-refractivity contribution in [3.8, 4) is 16.9 Å². The van der Waals surface area contributed by atoms with E-state index < -0.39 is 0 Å². The zero-order valence-electron chi connectivity index (χ0n) is 11.8. The predicted octanol–water partition coefficient (Wildman–Crippen LogP) is 3.39. The molecule has 0 spiro atoms. The van der Waals surface area contributed by atoms with Crippen LogP contribution in [0.4, 0.5) is 0 Å². The van der Waals surface area contributed by atoms with Crippen molar-refractivity contribution in [2.75, 3.05) is 7.11 Å². The Hall–Kier alpha value is -2.29. The summed E-state index contributed by atoms with van der Waals surface area (Å²) >= 11 is 0. The molecule has 2 aromatic rings. The second-order valence-electron chi connectivity index (χ2n) is 4.56. The number of hydrogen-bond donors (Lipinski definition) is 1. The number of carbonyl (C=O) groups is 1. The summed E-state index contributed by atoms with van der Waals surface area (Å²) in [5.74, 6) is 0.920.